The Labute approximate surface area is 296 Å². The maximum Gasteiger partial charge on any atom is 0.355 e. The molecule has 5 aromatic rings. The highest BCUT2D eigenvalue weighted by Crippen LogP contribution is 2.38. The zero-order valence-corrected chi connectivity index (χ0v) is 30.0. The number of ether oxygens (including phenoxy) is 3. The maximum absolute atomic E-state index is 14.3. The van der Waals surface area contributed by atoms with E-state index in [9.17, 15) is 17.6 Å². The van der Waals surface area contributed by atoms with E-state index in [4.69, 9.17) is 14.2 Å². The molecule has 0 saturated carbocycles. The quantitative estimate of drug-likeness (QED) is 0.137. The summed E-state index contributed by atoms with van der Waals surface area (Å²) in [6.07, 6.45) is 3.59. The number of carbonyl (C=O) groups excluding carboxylic acids is 1. The van der Waals surface area contributed by atoms with Crippen LogP contribution in [-0.4, -0.2) is 86.3 Å². The number of fused-ring (bicyclic) bond motifs is 1. The van der Waals surface area contributed by atoms with Gasteiger partial charge in [-0.1, -0.05) is 37.3 Å². The van der Waals surface area contributed by atoms with Crippen LogP contribution in [0.2, 0.25) is 0 Å². The molecule has 1 saturated heterocycles. The van der Waals surface area contributed by atoms with Crippen LogP contribution in [0.4, 0.5) is 4.39 Å². The first-order valence-corrected chi connectivity index (χ1v) is 18.5. The molecule has 0 radical (unpaired) electrons. The summed E-state index contributed by atoms with van der Waals surface area (Å²) < 4.78 is 61.4. The van der Waals surface area contributed by atoms with Gasteiger partial charge in [0.1, 0.15) is 28.7 Å². The van der Waals surface area contributed by atoms with E-state index in [0.29, 0.717) is 52.7 Å². The highest BCUT2D eigenvalue weighted by atomic mass is 32.2. The molecule has 0 unspecified atom stereocenters. The Hall–Kier alpha value is -4.79. The molecule has 12 nitrogen and oxygen atoms in total. The second-order valence-electron chi connectivity index (χ2n) is 13.1. The molecular formula is C37H43FN6O6S. The van der Waals surface area contributed by atoms with Crippen LogP contribution in [0.3, 0.4) is 0 Å². The summed E-state index contributed by atoms with van der Waals surface area (Å²) in [7, 11) is -0.536. The lowest BCUT2D eigenvalue weighted by Gasteiger charge is -2.31. The summed E-state index contributed by atoms with van der Waals surface area (Å²) in [4.78, 5) is 18.5. The number of rotatable bonds is 14. The Bertz CT molecular complexity index is 2070. The number of H-pyrrole nitrogens is 1. The number of nitrogens with one attached hydrogen (secondary N) is 2. The second kappa shape index (κ2) is 15.6. The average molecular weight is 719 g/mol. The van der Waals surface area contributed by atoms with Crippen molar-refractivity contribution in [3.05, 3.63) is 78.4 Å². The third-order valence-corrected chi connectivity index (χ3v) is 10.5. The summed E-state index contributed by atoms with van der Waals surface area (Å²) in [5.41, 5.74) is 3.30. The number of carbonyl (C=O) groups is 1. The summed E-state index contributed by atoms with van der Waals surface area (Å²) in [5.74, 6) is 0.825. The predicted molar refractivity (Wildman–Crippen MR) is 192 cm³/mol. The van der Waals surface area contributed by atoms with Gasteiger partial charge in [-0.15, -0.1) is 5.10 Å². The van der Waals surface area contributed by atoms with E-state index >= 15 is 0 Å². The lowest BCUT2D eigenvalue weighted by Crippen LogP contribution is -2.40. The van der Waals surface area contributed by atoms with Crippen LogP contribution in [0, 0.1) is 17.7 Å². The molecule has 14 heteroatoms. The smallest absolute Gasteiger partial charge is 0.355 e. The number of nitrogens with zero attached hydrogens (tertiary/aromatic N) is 4. The predicted octanol–water partition coefficient (Wildman–Crippen LogP) is 5.75. The summed E-state index contributed by atoms with van der Waals surface area (Å²) in [6.45, 7) is 7.31. The minimum Gasteiger partial charge on any atom is -0.496 e. The third kappa shape index (κ3) is 8.24. The number of aromatic nitrogens is 4. The Balaban J connectivity index is 1.02. The fourth-order valence-corrected chi connectivity index (χ4v) is 7.44. The van der Waals surface area contributed by atoms with Gasteiger partial charge in [-0.3, -0.25) is 4.68 Å². The molecule has 0 atom stereocenters. The molecule has 0 bridgehead atoms. The molecule has 3 heterocycles. The SMILES string of the molecule is COc1cccc(OC)c1-c1ccc(S(=O)(=O)NCCN2CCC(Cn3cc(-c4c(C(=O)OCC(C)C)[nH]c5ccc(F)cc45)nn3)CC2)cc1. The summed E-state index contributed by atoms with van der Waals surface area (Å²) >= 11 is 0. The number of hydrogen-bond acceptors (Lipinski definition) is 9. The molecule has 1 fully saturated rings. The number of likely N-dealkylation sites (tertiary alicyclic amines) is 1. The first kappa shape index (κ1) is 36.0. The van der Waals surface area contributed by atoms with E-state index in [2.05, 4.69) is 24.9 Å². The third-order valence-electron chi connectivity index (χ3n) is 9.06. The van der Waals surface area contributed by atoms with Crippen molar-refractivity contribution in [1.82, 2.24) is 29.6 Å². The van der Waals surface area contributed by atoms with E-state index in [1.54, 1.807) is 55.4 Å². The molecular weight excluding hydrogens is 676 g/mol. The fourth-order valence-electron chi connectivity index (χ4n) is 6.42. The minimum absolute atomic E-state index is 0.163. The molecule has 1 aliphatic rings. The first-order chi connectivity index (χ1) is 24.6. The number of benzene rings is 3. The van der Waals surface area contributed by atoms with Crippen LogP contribution >= 0.6 is 0 Å². The van der Waals surface area contributed by atoms with Gasteiger partial charge in [-0.05, 0) is 85.8 Å². The molecule has 0 amide bonds. The van der Waals surface area contributed by atoms with Crippen LogP contribution in [-0.2, 0) is 21.3 Å². The highest BCUT2D eigenvalue weighted by molar-refractivity contribution is 7.89. The molecule has 2 aromatic heterocycles. The molecule has 270 valence electrons. The van der Waals surface area contributed by atoms with Crippen molar-refractivity contribution in [3.63, 3.8) is 0 Å². The van der Waals surface area contributed by atoms with Gasteiger partial charge < -0.3 is 24.1 Å². The molecule has 2 N–H and O–H groups in total. The minimum atomic E-state index is -3.70. The van der Waals surface area contributed by atoms with Crippen molar-refractivity contribution < 1.29 is 31.8 Å². The molecule has 0 aliphatic carbocycles. The van der Waals surface area contributed by atoms with Gasteiger partial charge in [0.25, 0.3) is 0 Å². The summed E-state index contributed by atoms with van der Waals surface area (Å²) in [5, 5.41) is 9.23. The van der Waals surface area contributed by atoms with E-state index in [1.807, 2.05) is 32.0 Å². The maximum atomic E-state index is 14.3. The van der Waals surface area contributed by atoms with Crippen molar-refractivity contribution in [3.8, 4) is 33.9 Å². The van der Waals surface area contributed by atoms with Gasteiger partial charge in [0, 0.05) is 36.1 Å². The van der Waals surface area contributed by atoms with Crippen LogP contribution in [0.25, 0.3) is 33.3 Å². The highest BCUT2D eigenvalue weighted by Gasteiger charge is 2.25. The standard InChI is InChI=1S/C37H43FN6O6S/c1-24(2)23-50-37(45)36-35(29-20-27(38)10-13-30(29)40-36)31-22-44(42-41-31)21-25-14-17-43(18-15-25)19-16-39-51(46,47)28-11-8-26(9-12-28)34-32(48-3)6-5-7-33(34)49-4/h5-13,20,22,24-25,39-40H,14-19,21,23H2,1-4H3. The first-order valence-electron chi connectivity index (χ1n) is 17.0. The molecule has 0 spiro atoms. The number of piperidine rings is 1. The lowest BCUT2D eigenvalue weighted by molar-refractivity contribution is 0.0454. The van der Waals surface area contributed by atoms with Crippen molar-refractivity contribution in [1.29, 1.82) is 0 Å². The van der Waals surface area contributed by atoms with E-state index in [0.717, 1.165) is 37.1 Å². The number of hydrogen-bond donors (Lipinski definition) is 2. The number of sulfonamides is 1. The molecule has 3 aromatic carbocycles. The Morgan fingerprint density at radius 3 is 2.39 bits per heavy atom. The van der Waals surface area contributed by atoms with Crippen LogP contribution in [0.5, 0.6) is 11.5 Å². The second-order valence-corrected chi connectivity index (χ2v) is 14.9. The van der Waals surface area contributed by atoms with Gasteiger partial charge in [0.05, 0.1) is 37.5 Å². The number of aromatic amines is 1. The number of methoxy groups -OCH3 is 2. The largest absolute Gasteiger partial charge is 0.496 e. The van der Waals surface area contributed by atoms with Crippen molar-refractivity contribution in [2.45, 2.75) is 38.1 Å². The van der Waals surface area contributed by atoms with Gasteiger partial charge in [-0.25, -0.2) is 22.3 Å². The number of halogens is 1. The number of esters is 1. The van der Waals surface area contributed by atoms with Gasteiger partial charge in [0.15, 0.2) is 0 Å². The average Bonchev–Trinajstić information content (AvgIpc) is 3.75. The van der Waals surface area contributed by atoms with E-state index in [1.165, 1.54) is 12.1 Å². The van der Waals surface area contributed by atoms with E-state index < -0.39 is 21.8 Å². The Kier molecular flexibility index (Phi) is 11.0. The van der Waals surface area contributed by atoms with E-state index in [-0.39, 0.29) is 29.7 Å². The van der Waals surface area contributed by atoms with Crippen molar-refractivity contribution in [2.75, 3.05) is 47.0 Å². The zero-order valence-electron chi connectivity index (χ0n) is 29.2. The van der Waals surface area contributed by atoms with Gasteiger partial charge >= 0.3 is 5.97 Å². The van der Waals surface area contributed by atoms with Crippen LogP contribution in [0.15, 0.2) is 71.8 Å². The fraction of sp³-hybridized carbons (Fsp3) is 0.378. The van der Waals surface area contributed by atoms with Gasteiger partial charge in [0.2, 0.25) is 10.0 Å². The molecule has 51 heavy (non-hydrogen) atoms. The van der Waals surface area contributed by atoms with Crippen LogP contribution < -0.4 is 14.2 Å². The van der Waals surface area contributed by atoms with Crippen molar-refractivity contribution in [2.24, 2.45) is 11.8 Å². The monoisotopic (exact) mass is 718 g/mol. The van der Waals surface area contributed by atoms with Crippen molar-refractivity contribution >= 4 is 26.9 Å². The topological polar surface area (TPSA) is 141 Å². The van der Waals surface area contributed by atoms with Crippen LogP contribution in [0.1, 0.15) is 37.2 Å². The normalized spacial score (nSPS) is 14.3. The molecule has 6 rings (SSSR count). The molecule has 1 aliphatic heterocycles. The lowest BCUT2D eigenvalue weighted by atomic mass is 9.97. The van der Waals surface area contributed by atoms with Gasteiger partial charge in [-0.2, -0.15) is 0 Å². The Morgan fingerprint density at radius 2 is 1.73 bits per heavy atom. The zero-order chi connectivity index (χ0) is 36.1. The Morgan fingerprint density at radius 1 is 1.02 bits per heavy atom. The summed E-state index contributed by atoms with van der Waals surface area (Å²) in [6, 6.07) is 16.5.